The fraction of sp³-hybridized carbons (Fsp3) is 0.190. The second kappa shape index (κ2) is 8.79. The normalized spacial score (nSPS) is 13.0. The van der Waals surface area contributed by atoms with E-state index in [9.17, 15) is 9.59 Å². The first-order valence-corrected chi connectivity index (χ1v) is 10.6. The van der Waals surface area contributed by atoms with Crippen LogP contribution in [0.1, 0.15) is 23.2 Å². The van der Waals surface area contributed by atoms with Crippen molar-refractivity contribution in [1.82, 2.24) is 10.3 Å². The molecule has 8 nitrogen and oxygen atoms in total. The average Bonchev–Trinajstić information content (AvgIpc) is 3.57. The number of hydrogen-bond donors (Lipinski definition) is 3. The zero-order valence-electron chi connectivity index (χ0n) is 16.7. The van der Waals surface area contributed by atoms with Crippen LogP contribution in [-0.2, 0) is 0 Å². The maximum absolute atomic E-state index is 15.1. The average molecular weight is 524 g/mol. The molecule has 0 atom stereocenters. The second-order valence-corrected chi connectivity index (χ2v) is 8.31. The zero-order chi connectivity index (χ0) is 23.0. The number of carbonyl (C=O) groups excluding carboxylic acids is 2. The lowest BCUT2D eigenvalue weighted by molar-refractivity contribution is 0.0997. The fourth-order valence-electron chi connectivity index (χ4n) is 3.04. The first-order chi connectivity index (χ1) is 15.3. The number of rotatable bonds is 6. The monoisotopic (exact) mass is 522 g/mol. The highest BCUT2D eigenvalue weighted by Gasteiger charge is 2.25. The van der Waals surface area contributed by atoms with Crippen molar-refractivity contribution < 1.29 is 23.5 Å². The Morgan fingerprint density at radius 1 is 1.28 bits per heavy atom. The van der Waals surface area contributed by atoms with Gasteiger partial charge in [-0.15, -0.1) is 0 Å². The molecular weight excluding hydrogens is 507 g/mol. The quantitative estimate of drug-likeness (QED) is 0.394. The molecule has 0 bridgehead atoms. The van der Waals surface area contributed by atoms with E-state index in [2.05, 4.69) is 31.5 Å². The van der Waals surface area contributed by atoms with Gasteiger partial charge in [0, 0.05) is 23.7 Å². The number of urea groups is 1. The van der Waals surface area contributed by atoms with Gasteiger partial charge in [0.05, 0.1) is 28.4 Å². The minimum Gasteiger partial charge on any atom is -0.496 e. The number of fused-ring (bicyclic) bond motifs is 1. The topological polar surface area (TPSA) is 116 Å². The lowest BCUT2D eigenvalue weighted by Crippen LogP contribution is -2.30. The number of pyridine rings is 1. The highest BCUT2D eigenvalue weighted by Crippen LogP contribution is 2.42. The van der Waals surface area contributed by atoms with Crippen LogP contribution >= 0.6 is 27.5 Å². The molecule has 32 heavy (non-hydrogen) atoms. The highest BCUT2D eigenvalue weighted by molar-refractivity contribution is 9.10. The van der Waals surface area contributed by atoms with E-state index in [1.165, 1.54) is 37.6 Å². The molecule has 0 saturated heterocycles. The number of amides is 3. The number of benzene rings is 2. The van der Waals surface area contributed by atoms with Crippen LogP contribution in [-0.4, -0.2) is 30.1 Å². The van der Waals surface area contributed by atoms with Crippen molar-refractivity contribution in [3.8, 4) is 17.2 Å². The molecule has 4 N–H and O–H groups in total. The van der Waals surface area contributed by atoms with Crippen LogP contribution in [0, 0.1) is 5.82 Å². The second-order valence-electron chi connectivity index (χ2n) is 7.08. The number of halogens is 3. The van der Waals surface area contributed by atoms with Crippen LogP contribution in [0.4, 0.5) is 14.9 Å². The third-order valence-corrected chi connectivity index (χ3v) is 5.74. The summed E-state index contributed by atoms with van der Waals surface area (Å²) >= 11 is 9.41. The predicted molar refractivity (Wildman–Crippen MR) is 121 cm³/mol. The molecule has 0 unspecified atom stereocenters. The lowest BCUT2D eigenvalue weighted by atomic mass is 10.1. The smallest absolute Gasteiger partial charge is 0.319 e. The fourth-order valence-corrected chi connectivity index (χ4v) is 3.71. The molecule has 1 aliphatic carbocycles. The molecule has 0 radical (unpaired) electrons. The Bertz CT molecular complexity index is 1250. The maximum atomic E-state index is 15.1. The van der Waals surface area contributed by atoms with E-state index >= 15 is 4.39 Å². The largest absolute Gasteiger partial charge is 0.496 e. The number of carbonyl (C=O) groups is 2. The van der Waals surface area contributed by atoms with E-state index in [-0.39, 0.29) is 44.0 Å². The van der Waals surface area contributed by atoms with Gasteiger partial charge in [-0.3, -0.25) is 9.78 Å². The van der Waals surface area contributed by atoms with E-state index < -0.39 is 17.8 Å². The van der Waals surface area contributed by atoms with Gasteiger partial charge < -0.3 is 25.8 Å². The molecule has 4 rings (SSSR count). The first kappa shape index (κ1) is 22.1. The summed E-state index contributed by atoms with van der Waals surface area (Å²) in [7, 11) is 1.41. The van der Waals surface area contributed by atoms with Gasteiger partial charge in [-0.2, -0.15) is 0 Å². The Labute approximate surface area is 195 Å². The minimum absolute atomic E-state index is 0.0851. The molecule has 1 fully saturated rings. The SMILES string of the molecule is COc1cc2nccc(Oc3c(Br)cc(NC(=O)NC4CC4)c(Cl)c3F)c2cc1C(N)=O. The molecule has 3 amide bonds. The summed E-state index contributed by atoms with van der Waals surface area (Å²) in [5, 5.41) is 5.37. The van der Waals surface area contributed by atoms with Crippen LogP contribution < -0.4 is 25.8 Å². The van der Waals surface area contributed by atoms with Gasteiger partial charge in [-0.25, -0.2) is 9.18 Å². The van der Waals surface area contributed by atoms with Crippen molar-refractivity contribution in [3.63, 3.8) is 0 Å². The van der Waals surface area contributed by atoms with Gasteiger partial charge in [0.15, 0.2) is 11.6 Å². The van der Waals surface area contributed by atoms with E-state index in [1.54, 1.807) is 0 Å². The number of nitrogens with one attached hydrogen (secondary N) is 2. The molecule has 11 heteroatoms. The van der Waals surface area contributed by atoms with Gasteiger partial charge in [-0.05, 0) is 47.0 Å². The molecule has 1 saturated carbocycles. The van der Waals surface area contributed by atoms with Crippen LogP contribution in [0.5, 0.6) is 17.2 Å². The van der Waals surface area contributed by atoms with Crippen LogP contribution in [0.25, 0.3) is 10.9 Å². The number of primary amides is 1. The molecule has 1 heterocycles. The van der Waals surface area contributed by atoms with Gasteiger partial charge in [0.25, 0.3) is 5.91 Å². The summed E-state index contributed by atoms with van der Waals surface area (Å²) in [6.07, 6.45) is 3.29. The summed E-state index contributed by atoms with van der Waals surface area (Å²) in [5.74, 6) is -1.31. The standard InChI is InChI=1S/C21H17BrClFN4O4/c1-31-16-8-13-10(6-11(16)20(25)29)15(4-5-26-13)32-19-12(22)7-14(17(23)18(19)24)28-21(30)27-9-2-3-9/h4-9H,2-3H2,1H3,(H2,25,29)(H2,27,28,30). The van der Waals surface area contributed by atoms with Gasteiger partial charge in [0.2, 0.25) is 0 Å². The van der Waals surface area contributed by atoms with Crippen LogP contribution in [0.15, 0.2) is 34.9 Å². The molecular formula is C21H17BrClFN4O4. The van der Waals surface area contributed by atoms with E-state index in [0.717, 1.165) is 12.8 Å². The number of anilines is 1. The number of aromatic nitrogens is 1. The van der Waals surface area contributed by atoms with Crippen molar-refractivity contribution in [2.75, 3.05) is 12.4 Å². The van der Waals surface area contributed by atoms with Gasteiger partial charge in [0.1, 0.15) is 16.5 Å². The van der Waals surface area contributed by atoms with E-state index in [0.29, 0.717) is 10.9 Å². The van der Waals surface area contributed by atoms with Crippen molar-refractivity contribution in [2.45, 2.75) is 18.9 Å². The Kier molecular flexibility index (Phi) is 6.07. The van der Waals surface area contributed by atoms with Gasteiger partial charge >= 0.3 is 6.03 Å². The molecule has 1 aromatic heterocycles. The third kappa shape index (κ3) is 4.42. The van der Waals surface area contributed by atoms with Crippen molar-refractivity contribution in [3.05, 3.63) is 51.3 Å². The summed E-state index contributed by atoms with van der Waals surface area (Å²) in [4.78, 5) is 28.0. The minimum atomic E-state index is -0.878. The summed E-state index contributed by atoms with van der Waals surface area (Å²) in [6, 6.07) is 5.61. The number of ether oxygens (including phenoxy) is 2. The van der Waals surface area contributed by atoms with Crippen molar-refractivity contribution in [1.29, 1.82) is 0 Å². The highest BCUT2D eigenvalue weighted by atomic mass is 79.9. The Morgan fingerprint density at radius 3 is 2.69 bits per heavy atom. The first-order valence-electron chi connectivity index (χ1n) is 9.48. The summed E-state index contributed by atoms with van der Waals surface area (Å²) in [5.41, 5.74) is 6.09. The molecule has 0 spiro atoms. The number of methoxy groups -OCH3 is 1. The molecule has 1 aliphatic rings. The Balaban J connectivity index is 1.70. The van der Waals surface area contributed by atoms with Crippen molar-refractivity contribution in [2.24, 2.45) is 5.73 Å². The molecule has 2 aromatic carbocycles. The summed E-state index contributed by atoms with van der Waals surface area (Å²) < 4.78 is 26.3. The van der Waals surface area contributed by atoms with Gasteiger partial charge in [-0.1, -0.05) is 11.6 Å². The number of nitrogens with two attached hydrogens (primary N) is 1. The van der Waals surface area contributed by atoms with Crippen molar-refractivity contribution >= 4 is 56.1 Å². The number of nitrogens with zero attached hydrogens (tertiary/aromatic N) is 1. The van der Waals surface area contributed by atoms with Crippen LogP contribution in [0.2, 0.25) is 5.02 Å². The zero-order valence-corrected chi connectivity index (χ0v) is 19.0. The third-order valence-electron chi connectivity index (χ3n) is 4.78. The molecule has 0 aliphatic heterocycles. The molecule has 166 valence electrons. The predicted octanol–water partition coefficient (Wildman–Crippen LogP) is 4.97. The maximum Gasteiger partial charge on any atom is 0.319 e. The van der Waals surface area contributed by atoms with E-state index in [1.807, 2.05) is 0 Å². The lowest BCUT2D eigenvalue weighted by Gasteiger charge is -2.16. The Morgan fingerprint density at radius 2 is 2.03 bits per heavy atom. The molecule has 3 aromatic rings. The summed E-state index contributed by atoms with van der Waals surface area (Å²) in [6.45, 7) is 0. The number of hydrogen-bond acceptors (Lipinski definition) is 5. The Hall–Kier alpha value is -3.11. The van der Waals surface area contributed by atoms with E-state index in [4.69, 9.17) is 26.8 Å². The van der Waals surface area contributed by atoms with Crippen LogP contribution in [0.3, 0.4) is 0 Å².